The lowest BCUT2D eigenvalue weighted by Crippen LogP contribution is -2.15. The Balaban J connectivity index is 2.71. The van der Waals surface area contributed by atoms with Crippen LogP contribution in [0.15, 0.2) is 24.3 Å². The highest BCUT2D eigenvalue weighted by atomic mass is 35.5. The fraction of sp³-hybridized carbons (Fsp3) is 0.125. The molecule has 0 atom stereocenters. The molecule has 0 fully saturated rings. The highest BCUT2D eigenvalue weighted by molar-refractivity contribution is 6.20. The fourth-order valence-corrected chi connectivity index (χ4v) is 0.780. The van der Waals surface area contributed by atoms with Crippen molar-refractivity contribution in [3.63, 3.8) is 0 Å². The number of hydrogen-bond acceptors (Lipinski definition) is 1. The van der Waals surface area contributed by atoms with Gasteiger partial charge in [-0.2, -0.15) is 0 Å². The first-order valence-corrected chi connectivity index (χ1v) is 3.53. The van der Waals surface area contributed by atoms with Gasteiger partial charge in [0, 0.05) is 11.6 Å². The number of benzene rings is 1. The normalized spacial score (nSPS) is 11.3. The van der Waals surface area contributed by atoms with E-state index in [1.807, 2.05) is 0 Å². The van der Waals surface area contributed by atoms with Crippen molar-refractivity contribution in [3.05, 3.63) is 36.8 Å². The molecule has 0 saturated carbocycles. The van der Waals surface area contributed by atoms with Crippen molar-refractivity contribution in [2.75, 3.05) is 0 Å². The maximum Gasteiger partial charge on any atom is 0.487 e. The Hall–Kier alpha value is -0.830. The van der Waals surface area contributed by atoms with Crippen LogP contribution in [0.3, 0.4) is 0 Å². The van der Waals surface area contributed by atoms with Crippen molar-refractivity contribution < 1.29 is 13.5 Å². The van der Waals surface area contributed by atoms with Gasteiger partial charge in [-0.1, -0.05) is 12.1 Å². The van der Waals surface area contributed by atoms with Crippen LogP contribution in [0.1, 0.15) is 5.56 Å². The minimum Gasteiger partial charge on any atom is -0.420 e. The molecule has 0 heterocycles. The summed E-state index contributed by atoms with van der Waals surface area (Å²) < 4.78 is 28.1. The molecule has 0 amide bonds. The summed E-state index contributed by atoms with van der Waals surface area (Å²) in [5.74, 6) is 0.0161. The summed E-state index contributed by atoms with van der Waals surface area (Å²) >= 11 is 4.54. The molecule has 0 N–H and O–H groups in total. The van der Waals surface area contributed by atoms with Gasteiger partial charge in [-0.3, -0.25) is 0 Å². The van der Waals surface area contributed by atoms with Crippen LogP contribution >= 0.6 is 11.6 Å². The second kappa shape index (κ2) is 3.27. The van der Waals surface area contributed by atoms with Gasteiger partial charge in [0.25, 0.3) is 0 Å². The zero-order chi connectivity index (χ0) is 9.19. The van der Waals surface area contributed by atoms with Gasteiger partial charge in [0.1, 0.15) is 5.75 Å². The zero-order valence-corrected chi connectivity index (χ0v) is 6.81. The van der Waals surface area contributed by atoms with E-state index in [9.17, 15) is 8.78 Å². The summed E-state index contributed by atoms with van der Waals surface area (Å²) in [5, 5.41) is 0. The number of halogens is 3. The average molecular weight is 192 g/mol. The summed E-state index contributed by atoms with van der Waals surface area (Å²) in [6.07, 6.45) is 0. The molecule has 0 spiro atoms. The Morgan fingerprint density at radius 1 is 1.25 bits per heavy atom. The molecule has 0 bridgehead atoms. The molecule has 0 aliphatic rings. The van der Waals surface area contributed by atoms with Gasteiger partial charge in [0.2, 0.25) is 0 Å². The summed E-state index contributed by atoms with van der Waals surface area (Å²) in [4.78, 5) is 0. The molecule has 0 unspecified atom stereocenters. The SMILES string of the molecule is [CH2]c1ccc(OC(F)(F)Cl)cc1. The quantitative estimate of drug-likeness (QED) is 0.653. The van der Waals surface area contributed by atoms with E-state index in [1.165, 1.54) is 12.1 Å². The molecule has 1 rings (SSSR count). The molecule has 1 aromatic rings. The van der Waals surface area contributed by atoms with Crippen molar-refractivity contribution in [2.45, 2.75) is 5.57 Å². The largest absolute Gasteiger partial charge is 0.487 e. The highest BCUT2D eigenvalue weighted by Crippen LogP contribution is 2.24. The molecule has 0 aliphatic carbocycles. The van der Waals surface area contributed by atoms with E-state index in [2.05, 4.69) is 23.3 Å². The zero-order valence-electron chi connectivity index (χ0n) is 6.06. The molecule has 1 nitrogen and oxygen atoms in total. The summed E-state index contributed by atoms with van der Waals surface area (Å²) in [5.41, 5.74) is -2.93. The third-order valence-corrected chi connectivity index (χ3v) is 1.23. The van der Waals surface area contributed by atoms with Crippen molar-refractivity contribution in [1.29, 1.82) is 0 Å². The van der Waals surface area contributed by atoms with Crippen molar-refractivity contribution in [1.82, 2.24) is 0 Å². The molecule has 1 aromatic carbocycles. The van der Waals surface area contributed by atoms with Crippen LogP contribution in [0.2, 0.25) is 0 Å². The number of ether oxygens (including phenoxy) is 1. The predicted octanol–water partition coefficient (Wildman–Crippen LogP) is 3.04. The molecule has 0 aromatic heterocycles. The van der Waals surface area contributed by atoms with Crippen LogP contribution in [0.5, 0.6) is 5.75 Å². The van der Waals surface area contributed by atoms with E-state index >= 15 is 0 Å². The van der Waals surface area contributed by atoms with Crippen LogP contribution in [0, 0.1) is 6.92 Å². The lowest BCUT2D eigenvalue weighted by atomic mass is 10.2. The van der Waals surface area contributed by atoms with Gasteiger partial charge >= 0.3 is 5.57 Å². The molecule has 65 valence electrons. The maximum absolute atomic E-state index is 12.0. The first-order valence-electron chi connectivity index (χ1n) is 3.15. The van der Waals surface area contributed by atoms with Crippen LogP contribution in [0.25, 0.3) is 0 Å². The summed E-state index contributed by atoms with van der Waals surface area (Å²) in [6, 6.07) is 5.85. The second-order valence-corrected chi connectivity index (χ2v) is 2.63. The standard InChI is InChI=1S/C8H6ClF2O/c1-6-2-4-7(5-3-6)12-8(9,10)11/h2-5H,1H2. The fourth-order valence-electron chi connectivity index (χ4n) is 0.691. The number of hydrogen-bond donors (Lipinski definition) is 0. The number of alkyl halides is 3. The smallest absolute Gasteiger partial charge is 0.420 e. The van der Waals surface area contributed by atoms with Gasteiger partial charge < -0.3 is 4.74 Å². The van der Waals surface area contributed by atoms with Gasteiger partial charge in [-0.25, -0.2) is 0 Å². The van der Waals surface area contributed by atoms with Gasteiger partial charge in [-0.15, -0.1) is 8.78 Å². The third-order valence-electron chi connectivity index (χ3n) is 1.16. The van der Waals surface area contributed by atoms with E-state index < -0.39 is 5.57 Å². The first kappa shape index (κ1) is 9.26. The van der Waals surface area contributed by atoms with Gasteiger partial charge in [0.05, 0.1) is 0 Å². The average Bonchev–Trinajstić information content (AvgIpc) is 1.91. The van der Waals surface area contributed by atoms with Crippen molar-refractivity contribution in [3.8, 4) is 5.75 Å². The van der Waals surface area contributed by atoms with Crippen molar-refractivity contribution in [2.24, 2.45) is 0 Å². The number of rotatable bonds is 2. The Morgan fingerprint density at radius 2 is 1.75 bits per heavy atom. The molecule has 4 heteroatoms. The van der Waals surface area contributed by atoms with E-state index in [4.69, 9.17) is 0 Å². The van der Waals surface area contributed by atoms with Crippen LogP contribution < -0.4 is 4.74 Å². The van der Waals surface area contributed by atoms with Gasteiger partial charge in [0.15, 0.2) is 0 Å². The lowest BCUT2D eigenvalue weighted by molar-refractivity contribution is -0.0964. The minimum absolute atomic E-state index is 0.0161. The first-order chi connectivity index (χ1) is 5.47. The molecule has 1 radical (unpaired) electrons. The summed E-state index contributed by atoms with van der Waals surface area (Å²) in [7, 11) is 0. The topological polar surface area (TPSA) is 9.23 Å². The third kappa shape index (κ3) is 3.05. The van der Waals surface area contributed by atoms with E-state index in [0.29, 0.717) is 0 Å². The van der Waals surface area contributed by atoms with E-state index in [-0.39, 0.29) is 5.75 Å². The van der Waals surface area contributed by atoms with E-state index in [1.54, 1.807) is 12.1 Å². The molecular weight excluding hydrogens is 186 g/mol. The monoisotopic (exact) mass is 191 g/mol. The highest BCUT2D eigenvalue weighted by Gasteiger charge is 2.27. The molecule has 0 aliphatic heterocycles. The Morgan fingerprint density at radius 3 is 2.17 bits per heavy atom. The lowest BCUT2D eigenvalue weighted by Gasteiger charge is -2.09. The molecular formula is C8H6ClF2O. The predicted molar refractivity (Wildman–Crippen MR) is 42.3 cm³/mol. The Labute approximate surface area is 73.9 Å². The van der Waals surface area contributed by atoms with Crippen LogP contribution in [-0.2, 0) is 0 Å². The van der Waals surface area contributed by atoms with Crippen LogP contribution in [0.4, 0.5) is 8.78 Å². The summed E-state index contributed by atoms with van der Waals surface area (Å²) in [6.45, 7) is 3.58. The maximum atomic E-state index is 12.0. The van der Waals surface area contributed by atoms with Crippen molar-refractivity contribution >= 4 is 11.6 Å². The van der Waals surface area contributed by atoms with Gasteiger partial charge in [-0.05, 0) is 24.6 Å². The van der Waals surface area contributed by atoms with E-state index in [0.717, 1.165) is 5.56 Å². The Bertz CT molecular complexity index is 253. The molecule has 12 heavy (non-hydrogen) atoms. The Kier molecular flexibility index (Phi) is 2.52. The van der Waals surface area contributed by atoms with Crippen LogP contribution in [-0.4, -0.2) is 5.57 Å². The molecule has 0 saturated heterocycles. The minimum atomic E-state index is -3.65. The second-order valence-electron chi connectivity index (χ2n) is 2.19.